The highest BCUT2D eigenvalue weighted by Crippen LogP contribution is 2.22. The fraction of sp³-hybridized carbons (Fsp3) is 0.263. The number of hydrazine groups is 1. The summed E-state index contributed by atoms with van der Waals surface area (Å²) in [5.74, 6) is -0.158. The van der Waals surface area contributed by atoms with Crippen LogP contribution in [0.3, 0.4) is 0 Å². The van der Waals surface area contributed by atoms with Gasteiger partial charge in [0.25, 0.3) is 0 Å². The Hall–Kier alpha value is -2.50. The van der Waals surface area contributed by atoms with E-state index in [4.69, 9.17) is 0 Å². The average molecular weight is 323 g/mol. The molecule has 0 aliphatic carbocycles. The minimum atomic E-state index is -0.145. The van der Waals surface area contributed by atoms with E-state index in [0.717, 1.165) is 24.2 Å². The van der Waals surface area contributed by atoms with Crippen molar-refractivity contribution < 1.29 is 9.59 Å². The number of hydrogen-bond donors (Lipinski definition) is 3. The first-order valence-electron chi connectivity index (χ1n) is 8.19. The van der Waals surface area contributed by atoms with Crippen molar-refractivity contribution in [2.24, 2.45) is 0 Å². The van der Waals surface area contributed by atoms with Crippen LogP contribution in [0.1, 0.15) is 41.2 Å². The molecular formula is C19H21N3O2. The van der Waals surface area contributed by atoms with Crippen LogP contribution in [0, 0.1) is 0 Å². The van der Waals surface area contributed by atoms with E-state index in [1.54, 1.807) is 12.1 Å². The SMILES string of the molecule is O=C(CCC(=O)c1ccccc1)Nc1cccc(C2CCNN2)c1. The third kappa shape index (κ3) is 4.28. The highest BCUT2D eigenvalue weighted by Gasteiger charge is 2.16. The number of benzene rings is 2. The highest BCUT2D eigenvalue weighted by atomic mass is 16.2. The predicted octanol–water partition coefficient (Wildman–Crippen LogP) is 2.83. The summed E-state index contributed by atoms with van der Waals surface area (Å²) in [5.41, 5.74) is 8.85. The summed E-state index contributed by atoms with van der Waals surface area (Å²) < 4.78 is 0. The molecule has 0 aromatic heterocycles. The topological polar surface area (TPSA) is 70.2 Å². The molecule has 0 spiro atoms. The van der Waals surface area contributed by atoms with E-state index >= 15 is 0 Å². The van der Waals surface area contributed by atoms with Gasteiger partial charge in [0.2, 0.25) is 5.91 Å². The normalized spacial score (nSPS) is 16.8. The Labute approximate surface area is 141 Å². The first-order chi connectivity index (χ1) is 11.7. The number of anilines is 1. The maximum Gasteiger partial charge on any atom is 0.224 e. The molecule has 5 nitrogen and oxygen atoms in total. The summed E-state index contributed by atoms with van der Waals surface area (Å²) in [6.07, 6.45) is 1.41. The van der Waals surface area contributed by atoms with Gasteiger partial charge in [0.05, 0.1) is 0 Å². The van der Waals surface area contributed by atoms with E-state index in [-0.39, 0.29) is 30.6 Å². The van der Waals surface area contributed by atoms with E-state index in [2.05, 4.69) is 16.2 Å². The number of carbonyl (C=O) groups excluding carboxylic acids is 2. The molecule has 3 rings (SSSR count). The Morgan fingerprint density at radius 2 is 1.88 bits per heavy atom. The molecule has 0 saturated carbocycles. The summed E-state index contributed by atoms with van der Waals surface area (Å²) in [6, 6.07) is 17.1. The monoisotopic (exact) mass is 323 g/mol. The molecule has 0 bridgehead atoms. The lowest BCUT2D eigenvalue weighted by Gasteiger charge is -2.12. The predicted molar refractivity (Wildman–Crippen MR) is 93.6 cm³/mol. The van der Waals surface area contributed by atoms with Gasteiger partial charge in [0.15, 0.2) is 5.78 Å². The molecule has 1 saturated heterocycles. The lowest BCUT2D eigenvalue weighted by atomic mass is 10.0. The lowest BCUT2D eigenvalue weighted by molar-refractivity contribution is -0.116. The van der Waals surface area contributed by atoms with Crippen molar-refractivity contribution in [1.82, 2.24) is 10.9 Å². The van der Waals surface area contributed by atoms with Crippen LogP contribution in [-0.4, -0.2) is 18.2 Å². The Bertz CT molecular complexity index is 710. The van der Waals surface area contributed by atoms with Gasteiger partial charge < -0.3 is 5.32 Å². The zero-order valence-electron chi connectivity index (χ0n) is 13.4. The summed E-state index contributed by atoms with van der Waals surface area (Å²) in [5, 5.41) is 2.87. The molecular weight excluding hydrogens is 302 g/mol. The molecule has 1 amide bonds. The van der Waals surface area contributed by atoms with Crippen LogP contribution >= 0.6 is 0 Å². The molecule has 1 heterocycles. The number of rotatable bonds is 6. The van der Waals surface area contributed by atoms with Gasteiger partial charge in [0.1, 0.15) is 0 Å². The summed E-state index contributed by atoms with van der Waals surface area (Å²) in [7, 11) is 0. The van der Waals surface area contributed by atoms with Crippen molar-refractivity contribution in [3.63, 3.8) is 0 Å². The minimum absolute atomic E-state index is 0.0132. The Morgan fingerprint density at radius 3 is 2.62 bits per heavy atom. The number of hydrogen-bond acceptors (Lipinski definition) is 4. The van der Waals surface area contributed by atoms with E-state index in [0.29, 0.717) is 5.56 Å². The Morgan fingerprint density at radius 1 is 1.04 bits per heavy atom. The van der Waals surface area contributed by atoms with E-state index in [1.807, 2.05) is 42.5 Å². The third-order valence-electron chi connectivity index (χ3n) is 4.08. The molecule has 24 heavy (non-hydrogen) atoms. The van der Waals surface area contributed by atoms with Gasteiger partial charge >= 0.3 is 0 Å². The smallest absolute Gasteiger partial charge is 0.224 e. The second kappa shape index (κ2) is 7.86. The summed E-state index contributed by atoms with van der Waals surface area (Å²) >= 11 is 0. The van der Waals surface area contributed by atoms with Crippen molar-refractivity contribution in [2.45, 2.75) is 25.3 Å². The molecule has 2 aromatic rings. The summed E-state index contributed by atoms with van der Waals surface area (Å²) in [4.78, 5) is 24.1. The maximum atomic E-state index is 12.1. The highest BCUT2D eigenvalue weighted by molar-refractivity contribution is 5.99. The van der Waals surface area contributed by atoms with E-state index < -0.39 is 0 Å². The largest absolute Gasteiger partial charge is 0.326 e. The van der Waals surface area contributed by atoms with E-state index in [1.165, 1.54) is 0 Å². The molecule has 0 radical (unpaired) electrons. The molecule has 1 atom stereocenters. The summed E-state index contributed by atoms with van der Waals surface area (Å²) in [6.45, 7) is 0.933. The van der Waals surface area contributed by atoms with Gasteiger partial charge in [-0.25, -0.2) is 0 Å². The van der Waals surface area contributed by atoms with Crippen LogP contribution in [0.2, 0.25) is 0 Å². The first-order valence-corrected chi connectivity index (χ1v) is 8.19. The maximum absolute atomic E-state index is 12.1. The van der Waals surface area contributed by atoms with Gasteiger partial charge in [-0.05, 0) is 24.1 Å². The van der Waals surface area contributed by atoms with Gasteiger partial charge in [0, 0.05) is 36.7 Å². The van der Waals surface area contributed by atoms with Crippen LogP contribution in [0.4, 0.5) is 5.69 Å². The van der Waals surface area contributed by atoms with E-state index in [9.17, 15) is 9.59 Å². The first kappa shape index (κ1) is 16.4. The van der Waals surface area contributed by atoms with Gasteiger partial charge in [-0.2, -0.15) is 0 Å². The van der Waals surface area contributed by atoms with Crippen molar-refractivity contribution in [3.8, 4) is 0 Å². The van der Waals surface area contributed by atoms with Crippen LogP contribution in [-0.2, 0) is 4.79 Å². The molecule has 1 unspecified atom stereocenters. The number of ketones is 1. The second-order valence-electron chi connectivity index (χ2n) is 5.88. The number of Topliss-reactive ketones (excluding diaryl/α,β-unsaturated/α-hetero) is 1. The van der Waals surface area contributed by atoms with Crippen molar-refractivity contribution in [2.75, 3.05) is 11.9 Å². The quantitative estimate of drug-likeness (QED) is 0.715. The standard InChI is InChI=1S/C19H21N3O2/c23-18(14-5-2-1-3-6-14)9-10-19(24)21-16-8-4-7-15(13-16)17-11-12-20-22-17/h1-8,13,17,20,22H,9-12H2,(H,21,24). The molecule has 2 aromatic carbocycles. The van der Waals surface area contributed by atoms with Crippen LogP contribution in [0.25, 0.3) is 0 Å². The minimum Gasteiger partial charge on any atom is -0.326 e. The second-order valence-corrected chi connectivity index (χ2v) is 5.88. The third-order valence-corrected chi connectivity index (χ3v) is 4.08. The zero-order valence-corrected chi connectivity index (χ0v) is 13.4. The van der Waals surface area contributed by atoms with Gasteiger partial charge in [-0.1, -0.05) is 42.5 Å². The van der Waals surface area contributed by atoms with Gasteiger partial charge in [-0.3, -0.25) is 20.4 Å². The van der Waals surface area contributed by atoms with Gasteiger partial charge in [-0.15, -0.1) is 0 Å². The van der Waals surface area contributed by atoms with Crippen molar-refractivity contribution in [3.05, 3.63) is 65.7 Å². The molecule has 1 aliphatic heterocycles. The van der Waals surface area contributed by atoms with Crippen LogP contribution < -0.4 is 16.2 Å². The van der Waals surface area contributed by atoms with Crippen molar-refractivity contribution in [1.29, 1.82) is 0 Å². The van der Waals surface area contributed by atoms with Crippen LogP contribution in [0.15, 0.2) is 54.6 Å². The number of nitrogens with one attached hydrogen (secondary N) is 3. The number of carbonyl (C=O) groups is 2. The lowest BCUT2D eigenvalue weighted by Crippen LogP contribution is -2.24. The van der Waals surface area contributed by atoms with Crippen LogP contribution in [0.5, 0.6) is 0 Å². The Balaban J connectivity index is 1.53. The Kier molecular flexibility index (Phi) is 5.36. The molecule has 1 aliphatic rings. The molecule has 5 heteroatoms. The molecule has 124 valence electrons. The average Bonchev–Trinajstić information content (AvgIpc) is 3.15. The fourth-order valence-electron chi connectivity index (χ4n) is 2.79. The fourth-order valence-corrected chi connectivity index (χ4v) is 2.79. The van der Waals surface area contributed by atoms with Crippen molar-refractivity contribution >= 4 is 17.4 Å². The molecule has 3 N–H and O–H groups in total. The zero-order chi connectivity index (χ0) is 16.8. The number of amides is 1. The molecule has 1 fully saturated rings.